The average Bonchev–Trinajstić information content (AvgIpc) is 3.16. The lowest BCUT2D eigenvalue weighted by molar-refractivity contribution is 0.471. The van der Waals surface area contributed by atoms with Gasteiger partial charge in [0, 0.05) is 42.5 Å². The Balaban J connectivity index is 1.77. The van der Waals surface area contributed by atoms with Gasteiger partial charge >= 0.3 is 0 Å². The molecule has 0 N–H and O–H groups in total. The number of piperidine rings is 1. The summed E-state index contributed by atoms with van der Waals surface area (Å²) in [5, 5.41) is 9.45. The summed E-state index contributed by atoms with van der Waals surface area (Å²) in [7, 11) is 0. The monoisotopic (exact) mass is 320 g/mol. The molecule has 3 rings (SSSR count). The number of rotatable bonds is 3. The molecule has 0 amide bonds. The summed E-state index contributed by atoms with van der Waals surface area (Å²) in [4.78, 5) is 7.11. The van der Waals surface area contributed by atoms with Gasteiger partial charge in [-0.25, -0.2) is 4.98 Å². The first-order valence-corrected chi connectivity index (χ1v) is 8.73. The Morgan fingerprint density at radius 2 is 2.18 bits per heavy atom. The minimum absolute atomic E-state index is 0.00627. The molecular formula is C15H24N6S. The van der Waals surface area contributed by atoms with E-state index in [4.69, 9.17) is 4.98 Å². The van der Waals surface area contributed by atoms with Gasteiger partial charge in [-0.15, -0.1) is 10.2 Å². The lowest BCUT2D eigenvalue weighted by Crippen LogP contribution is -2.35. The molecule has 1 aliphatic rings. The van der Waals surface area contributed by atoms with Crippen molar-refractivity contribution in [1.29, 1.82) is 0 Å². The molecule has 0 radical (unpaired) electrons. The predicted octanol–water partition coefficient (Wildman–Crippen LogP) is 2.83. The third-order valence-corrected chi connectivity index (χ3v) is 4.91. The fraction of sp³-hybridized carbons (Fsp3) is 0.733. The molecule has 3 heterocycles. The van der Waals surface area contributed by atoms with Crippen LogP contribution < -0.4 is 4.90 Å². The number of aromatic nitrogens is 5. The molecule has 6 nitrogen and oxygen atoms in total. The maximum absolute atomic E-state index is 4.75. The maximum Gasteiger partial charge on any atom is 0.205 e. The second-order valence-corrected chi connectivity index (χ2v) is 7.64. The van der Waals surface area contributed by atoms with Crippen LogP contribution in [-0.2, 0) is 12.0 Å². The van der Waals surface area contributed by atoms with Crippen LogP contribution in [0.5, 0.6) is 0 Å². The van der Waals surface area contributed by atoms with E-state index in [1.165, 1.54) is 18.0 Å². The van der Waals surface area contributed by atoms with Crippen LogP contribution in [0.15, 0.2) is 6.33 Å². The Morgan fingerprint density at radius 3 is 2.86 bits per heavy atom. The fourth-order valence-electron chi connectivity index (χ4n) is 2.83. The lowest BCUT2D eigenvalue weighted by Gasteiger charge is -2.31. The Morgan fingerprint density at radius 1 is 1.36 bits per heavy atom. The van der Waals surface area contributed by atoms with Gasteiger partial charge in [0.1, 0.15) is 18.0 Å². The van der Waals surface area contributed by atoms with Gasteiger partial charge in [-0.3, -0.25) is 0 Å². The van der Waals surface area contributed by atoms with Crippen LogP contribution in [0.25, 0.3) is 0 Å². The molecule has 0 saturated carbocycles. The van der Waals surface area contributed by atoms with Gasteiger partial charge in [0.25, 0.3) is 0 Å². The summed E-state index contributed by atoms with van der Waals surface area (Å²) < 4.78 is 6.69. The van der Waals surface area contributed by atoms with Gasteiger partial charge in [-0.1, -0.05) is 20.8 Å². The molecule has 2 aromatic heterocycles. The number of nitrogens with zero attached hydrogens (tertiary/aromatic N) is 6. The highest BCUT2D eigenvalue weighted by atomic mass is 32.1. The zero-order chi connectivity index (χ0) is 15.7. The molecular weight excluding hydrogens is 296 g/mol. The van der Waals surface area contributed by atoms with Crippen molar-refractivity contribution in [2.24, 2.45) is 0 Å². The second kappa shape index (κ2) is 5.95. The third-order valence-electron chi connectivity index (χ3n) is 4.13. The second-order valence-electron chi connectivity index (χ2n) is 6.91. The summed E-state index contributed by atoms with van der Waals surface area (Å²) in [6.45, 7) is 11.5. The summed E-state index contributed by atoms with van der Waals surface area (Å²) in [6.07, 6.45) is 4.16. The van der Waals surface area contributed by atoms with Crippen molar-refractivity contribution in [1.82, 2.24) is 24.1 Å². The summed E-state index contributed by atoms with van der Waals surface area (Å²) >= 11 is 1.51. The minimum atomic E-state index is 0.00627. The topological polar surface area (TPSA) is 59.7 Å². The van der Waals surface area contributed by atoms with Crippen molar-refractivity contribution in [2.45, 2.75) is 58.4 Å². The van der Waals surface area contributed by atoms with Crippen LogP contribution in [0.2, 0.25) is 0 Å². The molecule has 120 valence electrons. The minimum Gasteiger partial charge on any atom is -0.346 e. The molecule has 0 bridgehead atoms. The lowest BCUT2D eigenvalue weighted by atomic mass is 9.96. The van der Waals surface area contributed by atoms with Crippen molar-refractivity contribution in [2.75, 3.05) is 18.0 Å². The van der Waals surface area contributed by atoms with Crippen LogP contribution in [0.1, 0.15) is 58.1 Å². The molecule has 22 heavy (non-hydrogen) atoms. The van der Waals surface area contributed by atoms with Crippen LogP contribution in [-0.4, -0.2) is 37.2 Å². The Bertz CT molecular complexity index is 626. The van der Waals surface area contributed by atoms with Crippen LogP contribution in [0, 0.1) is 0 Å². The summed E-state index contributed by atoms with van der Waals surface area (Å²) in [5.41, 5.74) is 0.00627. The quantitative estimate of drug-likeness (QED) is 0.870. The summed E-state index contributed by atoms with van der Waals surface area (Å²) in [6, 6.07) is 0. The number of hydrogen-bond acceptors (Lipinski definition) is 6. The molecule has 1 unspecified atom stereocenters. The van der Waals surface area contributed by atoms with Crippen molar-refractivity contribution < 1.29 is 0 Å². The third kappa shape index (κ3) is 2.99. The molecule has 0 aliphatic carbocycles. The van der Waals surface area contributed by atoms with Crippen LogP contribution in [0.4, 0.5) is 5.13 Å². The number of hydrogen-bond donors (Lipinski definition) is 0. The van der Waals surface area contributed by atoms with E-state index in [9.17, 15) is 0 Å². The van der Waals surface area contributed by atoms with Crippen molar-refractivity contribution in [3.05, 3.63) is 18.0 Å². The van der Waals surface area contributed by atoms with Crippen molar-refractivity contribution in [3.63, 3.8) is 0 Å². The number of anilines is 1. The fourth-order valence-corrected chi connectivity index (χ4v) is 3.73. The molecule has 1 fully saturated rings. The van der Waals surface area contributed by atoms with E-state index in [2.05, 4.69) is 51.7 Å². The molecule has 2 aromatic rings. The van der Waals surface area contributed by atoms with Crippen molar-refractivity contribution >= 4 is 16.7 Å². The Hall–Kier alpha value is -1.50. The summed E-state index contributed by atoms with van der Waals surface area (Å²) in [5.74, 6) is 2.47. The highest BCUT2D eigenvalue weighted by Gasteiger charge is 2.28. The Labute approximate surface area is 135 Å². The van der Waals surface area contributed by atoms with E-state index in [0.717, 1.165) is 42.8 Å². The van der Waals surface area contributed by atoms with Crippen LogP contribution in [0.3, 0.4) is 0 Å². The van der Waals surface area contributed by atoms with Gasteiger partial charge in [-0.05, 0) is 19.8 Å². The normalized spacial score (nSPS) is 19.6. The van der Waals surface area contributed by atoms with E-state index in [1.54, 1.807) is 0 Å². The first kappa shape index (κ1) is 15.4. The Kier molecular flexibility index (Phi) is 4.16. The first-order valence-electron chi connectivity index (χ1n) is 7.96. The van der Waals surface area contributed by atoms with Gasteiger partial charge in [-0.2, -0.15) is 4.37 Å². The standard InChI is InChI=1S/C15H24N6S/c1-5-20-10-16-18-12(20)11-7-6-8-21(9-11)14-17-13(19-22-14)15(2,3)4/h10-11H,5-9H2,1-4H3. The largest absolute Gasteiger partial charge is 0.346 e. The SMILES string of the molecule is CCn1cnnc1C1CCCN(c2nc(C(C)(C)C)ns2)C1. The zero-order valence-electron chi connectivity index (χ0n) is 13.8. The van der Waals surface area contributed by atoms with Gasteiger partial charge < -0.3 is 9.47 Å². The highest BCUT2D eigenvalue weighted by molar-refractivity contribution is 7.09. The van der Waals surface area contributed by atoms with Gasteiger partial charge in [0.05, 0.1) is 0 Å². The first-order chi connectivity index (χ1) is 10.5. The van der Waals surface area contributed by atoms with E-state index < -0.39 is 0 Å². The van der Waals surface area contributed by atoms with E-state index >= 15 is 0 Å². The number of aryl methyl sites for hydroxylation is 1. The van der Waals surface area contributed by atoms with Crippen LogP contribution >= 0.6 is 11.5 Å². The molecule has 0 spiro atoms. The average molecular weight is 320 g/mol. The van der Waals surface area contributed by atoms with Crippen molar-refractivity contribution in [3.8, 4) is 0 Å². The zero-order valence-corrected chi connectivity index (χ0v) is 14.6. The predicted molar refractivity (Wildman–Crippen MR) is 88.5 cm³/mol. The maximum atomic E-state index is 4.75. The van der Waals surface area contributed by atoms with E-state index in [1.807, 2.05) is 6.33 Å². The molecule has 1 aliphatic heterocycles. The van der Waals surface area contributed by atoms with E-state index in [0.29, 0.717) is 5.92 Å². The molecule has 1 atom stereocenters. The highest BCUT2D eigenvalue weighted by Crippen LogP contribution is 2.31. The molecule has 7 heteroatoms. The smallest absolute Gasteiger partial charge is 0.205 e. The molecule has 0 aromatic carbocycles. The van der Waals surface area contributed by atoms with E-state index in [-0.39, 0.29) is 5.41 Å². The molecule has 1 saturated heterocycles. The van der Waals surface area contributed by atoms with Gasteiger partial charge in [0.2, 0.25) is 5.13 Å². The van der Waals surface area contributed by atoms with Gasteiger partial charge in [0.15, 0.2) is 0 Å².